The molecule has 18 heavy (non-hydrogen) atoms. The zero-order valence-corrected chi connectivity index (χ0v) is 10.7. The summed E-state index contributed by atoms with van der Waals surface area (Å²) in [6, 6.07) is 3.76. The molecule has 0 spiro atoms. The molecular weight excluding hydrogens is 250 g/mol. The normalized spacial score (nSPS) is 11.0. The topological polar surface area (TPSA) is 78.1 Å². The number of aryl methyl sites for hydroxylation is 2. The number of hydrogen-bond acceptors (Lipinski definition) is 6. The van der Waals surface area contributed by atoms with Crippen molar-refractivity contribution in [2.75, 3.05) is 5.73 Å². The van der Waals surface area contributed by atoms with Gasteiger partial charge in [-0.15, -0.1) is 11.3 Å². The minimum atomic E-state index is 0.437. The Hall–Kier alpha value is -2.08. The number of nitrogens with two attached hydrogens (primary N) is 1. The highest BCUT2D eigenvalue weighted by atomic mass is 32.1. The van der Waals surface area contributed by atoms with E-state index in [0.717, 1.165) is 21.8 Å². The fourth-order valence-corrected chi connectivity index (χ4v) is 2.54. The van der Waals surface area contributed by atoms with Crippen LogP contribution in [0.1, 0.15) is 10.6 Å². The van der Waals surface area contributed by atoms with Crippen LogP contribution in [-0.2, 0) is 0 Å². The summed E-state index contributed by atoms with van der Waals surface area (Å²) in [6.07, 6.45) is 1.60. The van der Waals surface area contributed by atoms with E-state index in [1.165, 1.54) is 11.3 Å². The first-order chi connectivity index (χ1) is 8.65. The summed E-state index contributed by atoms with van der Waals surface area (Å²) in [7, 11) is 0. The lowest BCUT2D eigenvalue weighted by Crippen LogP contribution is -1.84. The molecular formula is C12H11N3O2S. The number of nitrogens with zero attached hydrogens (tertiary/aromatic N) is 2. The summed E-state index contributed by atoms with van der Waals surface area (Å²) < 4.78 is 10.5. The fraction of sp³-hybridized carbons (Fsp3) is 0.167. The van der Waals surface area contributed by atoms with Crippen molar-refractivity contribution in [3.05, 3.63) is 29.0 Å². The second-order valence-corrected chi connectivity index (χ2v) is 5.24. The quantitative estimate of drug-likeness (QED) is 0.766. The molecule has 0 aliphatic rings. The van der Waals surface area contributed by atoms with Gasteiger partial charge in [-0.3, -0.25) is 0 Å². The molecule has 0 atom stereocenters. The first kappa shape index (κ1) is 11.0. The Morgan fingerprint density at radius 3 is 2.72 bits per heavy atom. The summed E-state index contributed by atoms with van der Waals surface area (Å²) in [5.74, 6) is 1.71. The summed E-state index contributed by atoms with van der Waals surface area (Å²) in [5.41, 5.74) is 7.52. The zero-order chi connectivity index (χ0) is 12.7. The summed E-state index contributed by atoms with van der Waals surface area (Å²) >= 11 is 1.51. The Labute approximate surface area is 107 Å². The molecule has 0 saturated carbocycles. The van der Waals surface area contributed by atoms with E-state index in [0.29, 0.717) is 16.7 Å². The highest BCUT2D eigenvalue weighted by molar-refractivity contribution is 7.16. The first-order valence-electron chi connectivity index (χ1n) is 5.39. The van der Waals surface area contributed by atoms with Crippen LogP contribution in [0, 0.1) is 13.8 Å². The molecule has 3 aromatic heterocycles. The van der Waals surface area contributed by atoms with Crippen molar-refractivity contribution in [1.29, 1.82) is 0 Å². The molecule has 3 heterocycles. The average Bonchev–Trinajstić information content (AvgIpc) is 2.98. The van der Waals surface area contributed by atoms with Crippen LogP contribution in [0.3, 0.4) is 0 Å². The maximum Gasteiger partial charge on any atom is 0.261 e. The van der Waals surface area contributed by atoms with Gasteiger partial charge < -0.3 is 14.7 Å². The number of nitrogen functional groups attached to an aromatic ring is 1. The number of rotatable bonds is 2. The van der Waals surface area contributed by atoms with Gasteiger partial charge in [0.15, 0.2) is 0 Å². The Bertz CT molecular complexity index is 696. The molecule has 0 saturated heterocycles. The van der Waals surface area contributed by atoms with Gasteiger partial charge in [-0.1, -0.05) is 5.16 Å². The molecule has 3 aromatic rings. The summed E-state index contributed by atoms with van der Waals surface area (Å²) in [5, 5.41) is 4.64. The van der Waals surface area contributed by atoms with Crippen LogP contribution in [0.25, 0.3) is 22.8 Å². The fourth-order valence-electron chi connectivity index (χ4n) is 1.76. The lowest BCUT2D eigenvalue weighted by molar-refractivity contribution is 0.432. The van der Waals surface area contributed by atoms with Crippen LogP contribution in [0.4, 0.5) is 5.00 Å². The standard InChI is InChI=1S/C12H11N3O2S/c1-6-5-9(10(13)18-6)12-14-11(15-17-12)8-3-4-16-7(8)2/h3-5H,13H2,1-2H3. The molecule has 0 amide bonds. The van der Waals surface area contributed by atoms with Gasteiger partial charge in [0.25, 0.3) is 5.89 Å². The number of furan rings is 1. The largest absolute Gasteiger partial charge is 0.469 e. The van der Waals surface area contributed by atoms with Gasteiger partial charge in [0, 0.05) is 4.88 Å². The third kappa shape index (κ3) is 1.70. The third-order valence-electron chi connectivity index (χ3n) is 2.64. The van der Waals surface area contributed by atoms with Crippen molar-refractivity contribution in [3.63, 3.8) is 0 Å². The zero-order valence-electron chi connectivity index (χ0n) is 9.93. The first-order valence-corrected chi connectivity index (χ1v) is 6.21. The van der Waals surface area contributed by atoms with Crippen molar-refractivity contribution >= 4 is 16.3 Å². The molecule has 0 aromatic carbocycles. The summed E-state index contributed by atoms with van der Waals surface area (Å²) in [6.45, 7) is 3.84. The molecule has 92 valence electrons. The smallest absolute Gasteiger partial charge is 0.261 e. The molecule has 6 heteroatoms. The van der Waals surface area contributed by atoms with E-state index in [9.17, 15) is 0 Å². The number of thiophene rings is 1. The minimum absolute atomic E-state index is 0.437. The second kappa shape index (κ2) is 3.99. The van der Waals surface area contributed by atoms with Crippen molar-refractivity contribution in [1.82, 2.24) is 10.1 Å². The minimum Gasteiger partial charge on any atom is -0.469 e. The van der Waals surface area contributed by atoms with E-state index >= 15 is 0 Å². The van der Waals surface area contributed by atoms with Crippen LogP contribution in [0.5, 0.6) is 0 Å². The number of aromatic nitrogens is 2. The highest BCUT2D eigenvalue weighted by Gasteiger charge is 2.16. The van der Waals surface area contributed by atoms with Gasteiger partial charge in [0.1, 0.15) is 5.76 Å². The highest BCUT2D eigenvalue weighted by Crippen LogP contribution is 2.33. The van der Waals surface area contributed by atoms with Gasteiger partial charge in [0.05, 0.1) is 22.4 Å². The second-order valence-electron chi connectivity index (χ2n) is 3.95. The SMILES string of the molecule is Cc1cc(-c2nc(-c3ccoc3C)no2)c(N)s1. The van der Waals surface area contributed by atoms with E-state index in [-0.39, 0.29) is 0 Å². The Morgan fingerprint density at radius 2 is 2.11 bits per heavy atom. The monoisotopic (exact) mass is 261 g/mol. The number of anilines is 1. The van der Waals surface area contributed by atoms with Crippen molar-refractivity contribution in [3.8, 4) is 22.8 Å². The van der Waals surface area contributed by atoms with Gasteiger partial charge in [-0.05, 0) is 26.0 Å². The third-order valence-corrected chi connectivity index (χ3v) is 3.52. The molecule has 0 radical (unpaired) electrons. The molecule has 2 N–H and O–H groups in total. The Morgan fingerprint density at radius 1 is 1.28 bits per heavy atom. The van der Waals surface area contributed by atoms with E-state index < -0.39 is 0 Å². The maximum atomic E-state index is 5.90. The van der Waals surface area contributed by atoms with E-state index in [1.54, 1.807) is 6.26 Å². The van der Waals surface area contributed by atoms with E-state index in [4.69, 9.17) is 14.7 Å². The van der Waals surface area contributed by atoms with Crippen LogP contribution in [0.15, 0.2) is 27.3 Å². The lowest BCUT2D eigenvalue weighted by Gasteiger charge is -1.89. The predicted molar refractivity (Wildman–Crippen MR) is 69.2 cm³/mol. The van der Waals surface area contributed by atoms with Crippen molar-refractivity contribution < 1.29 is 8.94 Å². The van der Waals surface area contributed by atoms with Crippen molar-refractivity contribution in [2.24, 2.45) is 0 Å². The maximum absolute atomic E-state index is 5.90. The predicted octanol–water partition coefficient (Wildman–Crippen LogP) is 3.26. The van der Waals surface area contributed by atoms with Gasteiger partial charge in [-0.25, -0.2) is 0 Å². The van der Waals surface area contributed by atoms with Crippen LogP contribution in [0.2, 0.25) is 0 Å². The van der Waals surface area contributed by atoms with Gasteiger partial charge in [0.2, 0.25) is 5.82 Å². The van der Waals surface area contributed by atoms with Crippen LogP contribution < -0.4 is 5.73 Å². The molecule has 5 nitrogen and oxygen atoms in total. The number of hydrogen-bond donors (Lipinski definition) is 1. The van der Waals surface area contributed by atoms with E-state index in [1.807, 2.05) is 26.0 Å². The molecule has 0 aliphatic carbocycles. The molecule has 0 fully saturated rings. The van der Waals surface area contributed by atoms with Crippen LogP contribution >= 0.6 is 11.3 Å². The van der Waals surface area contributed by atoms with Gasteiger partial charge >= 0.3 is 0 Å². The summed E-state index contributed by atoms with van der Waals surface area (Å²) in [4.78, 5) is 5.46. The molecule has 0 unspecified atom stereocenters. The molecule has 0 bridgehead atoms. The van der Waals surface area contributed by atoms with Crippen LogP contribution in [-0.4, -0.2) is 10.1 Å². The Kier molecular flexibility index (Phi) is 2.45. The molecule has 0 aliphatic heterocycles. The lowest BCUT2D eigenvalue weighted by atomic mass is 10.2. The molecule has 3 rings (SSSR count). The average molecular weight is 261 g/mol. The van der Waals surface area contributed by atoms with E-state index in [2.05, 4.69) is 10.1 Å². The Balaban J connectivity index is 2.05. The van der Waals surface area contributed by atoms with Crippen molar-refractivity contribution in [2.45, 2.75) is 13.8 Å². The van der Waals surface area contributed by atoms with Gasteiger partial charge in [-0.2, -0.15) is 4.98 Å².